The summed E-state index contributed by atoms with van der Waals surface area (Å²) < 4.78 is 28.8. The molecule has 2 aromatic rings. The second kappa shape index (κ2) is 3.53. The number of aromatic amines is 1. The zero-order valence-electron chi connectivity index (χ0n) is 7.17. The molecule has 0 amide bonds. The SMILES string of the molecule is FC(F)(Cl)Oc1ccc2[nH]c(S)nc2c1. The predicted molar refractivity (Wildman–Crippen MR) is 54.8 cm³/mol. The Kier molecular flexibility index (Phi) is 2.47. The van der Waals surface area contributed by atoms with E-state index < -0.39 is 5.57 Å². The van der Waals surface area contributed by atoms with E-state index in [1.165, 1.54) is 12.1 Å². The molecule has 0 saturated carbocycles. The highest BCUT2D eigenvalue weighted by molar-refractivity contribution is 7.80. The summed E-state index contributed by atoms with van der Waals surface area (Å²) >= 11 is 8.61. The zero-order chi connectivity index (χ0) is 11.1. The van der Waals surface area contributed by atoms with Gasteiger partial charge in [-0.1, -0.05) is 0 Å². The van der Waals surface area contributed by atoms with Crippen LogP contribution in [-0.4, -0.2) is 15.5 Å². The van der Waals surface area contributed by atoms with Gasteiger partial charge in [-0.3, -0.25) is 0 Å². The molecule has 15 heavy (non-hydrogen) atoms. The first kappa shape index (κ1) is 10.5. The highest BCUT2D eigenvalue weighted by Crippen LogP contribution is 2.27. The molecule has 2 rings (SSSR count). The molecular formula is C8H5ClF2N2OS. The molecule has 3 nitrogen and oxygen atoms in total. The number of halogens is 3. The third-order valence-electron chi connectivity index (χ3n) is 1.68. The maximum atomic E-state index is 12.3. The summed E-state index contributed by atoms with van der Waals surface area (Å²) in [7, 11) is 0. The first-order valence-electron chi connectivity index (χ1n) is 3.88. The van der Waals surface area contributed by atoms with Crippen molar-refractivity contribution in [1.29, 1.82) is 0 Å². The number of nitrogens with zero attached hydrogens (tertiary/aromatic N) is 1. The van der Waals surface area contributed by atoms with Crippen molar-refractivity contribution in [3.8, 4) is 5.75 Å². The number of fused-ring (bicyclic) bond motifs is 1. The smallest absolute Gasteiger partial charge is 0.420 e. The Morgan fingerprint density at radius 3 is 2.87 bits per heavy atom. The van der Waals surface area contributed by atoms with E-state index in [0.717, 1.165) is 0 Å². The Hall–Kier alpha value is -1.01. The van der Waals surface area contributed by atoms with Gasteiger partial charge in [0, 0.05) is 17.7 Å². The lowest BCUT2D eigenvalue weighted by Crippen LogP contribution is -2.15. The molecule has 0 atom stereocenters. The lowest BCUT2D eigenvalue weighted by molar-refractivity contribution is -0.0964. The van der Waals surface area contributed by atoms with Crippen LogP contribution in [0.25, 0.3) is 11.0 Å². The summed E-state index contributed by atoms with van der Waals surface area (Å²) in [4.78, 5) is 6.77. The van der Waals surface area contributed by atoms with Crippen LogP contribution < -0.4 is 4.74 Å². The van der Waals surface area contributed by atoms with E-state index in [-0.39, 0.29) is 5.75 Å². The lowest BCUT2D eigenvalue weighted by atomic mass is 10.3. The van der Waals surface area contributed by atoms with Crippen LogP contribution in [0.3, 0.4) is 0 Å². The van der Waals surface area contributed by atoms with Gasteiger partial charge in [0.1, 0.15) is 5.75 Å². The van der Waals surface area contributed by atoms with Crippen LogP contribution in [0.15, 0.2) is 23.4 Å². The van der Waals surface area contributed by atoms with Crippen molar-refractivity contribution in [1.82, 2.24) is 9.97 Å². The van der Waals surface area contributed by atoms with Crippen molar-refractivity contribution < 1.29 is 13.5 Å². The average Bonchev–Trinajstić information content (AvgIpc) is 2.40. The number of alkyl halides is 3. The Balaban J connectivity index is 2.38. The minimum Gasteiger partial charge on any atom is -0.420 e. The van der Waals surface area contributed by atoms with Crippen molar-refractivity contribution in [3.05, 3.63) is 18.2 Å². The predicted octanol–water partition coefficient (Wildman–Crippen LogP) is 3.02. The third-order valence-corrected chi connectivity index (χ3v) is 1.96. The Labute approximate surface area is 93.8 Å². The average molecular weight is 251 g/mol. The normalized spacial score (nSPS) is 12.0. The van der Waals surface area contributed by atoms with Gasteiger partial charge in [0.25, 0.3) is 0 Å². The van der Waals surface area contributed by atoms with Gasteiger partial charge >= 0.3 is 5.57 Å². The largest absolute Gasteiger partial charge is 0.487 e. The summed E-state index contributed by atoms with van der Waals surface area (Å²) in [6.45, 7) is 0. The molecule has 0 aliphatic heterocycles. The molecule has 1 heterocycles. The van der Waals surface area contributed by atoms with E-state index in [1.54, 1.807) is 6.07 Å². The van der Waals surface area contributed by atoms with Gasteiger partial charge in [-0.05, 0) is 12.1 Å². The standard InChI is InChI=1S/C8H5ClF2N2OS/c9-8(10,11)14-4-1-2-5-6(3-4)13-7(15)12-5/h1-3H,(H2,12,13,15). The Bertz CT molecular complexity index is 497. The topological polar surface area (TPSA) is 37.9 Å². The number of hydrogen-bond donors (Lipinski definition) is 2. The van der Waals surface area contributed by atoms with E-state index in [4.69, 9.17) is 0 Å². The summed E-state index contributed by atoms with van der Waals surface area (Å²) in [5.41, 5.74) is -2.54. The second-order valence-electron chi connectivity index (χ2n) is 2.79. The maximum absolute atomic E-state index is 12.3. The fourth-order valence-corrected chi connectivity index (χ4v) is 1.49. The highest BCUT2D eigenvalue weighted by atomic mass is 35.5. The third kappa shape index (κ3) is 2.51. The lowest BCUT2D eigenvalue weighted by Gasteiger charge is -2.09. The fourth-order valence-electron chi connectivity index (χ4n) is 1.17. The minimum absolute atomic E-state index is 0.0534. The highest BCUT2D eigenvalue weighted by Gasteiger charge is 2.27. The Morgan fingerprint density at radius 2 is 2.20 bits per heavy atom. The van der Waals surface area contributed by atoms with E-state index >= 15 is 0 Å². The van der Waals surface area contributed by atoms with Gasteiger partial charge in [0.2, 0.25) is 0 Å². The molecule has 0 aliphatic rings. The number of thiol groups is 1. The molecule has 7 heteroatoms. The van der Waals surface area contributed by atoms with Crippen molar-refractivity contribution >= 4 is 35.3 Å². The fraction of sp³-hybridized carbons (Fsp3) is 0.125. The summed E-state index contributed by atoms with van der Waals surface area (Å²) in [5, 5.41) is 0.403. The van der Waals surface area contributed by atoms with Crippen LogP contribution in [0.4, 0.5) is 8.78 Å². The molecule has 0 unspecified atom stereocenters. The monoisotopic (exact) mass is 250 g/mol. The summed E-state index contributed by atoms with van der Waals surface area (Å²) in [5.74, 6) is -0.0534. The van der Waals surface area contributed by atoms with Crippen LogP contribution >= 0.6 is 24.2 Å². The summed E-state index contributed by atoms with van der Waals surface area (Å²) in [6.07, 6.45) is 0. The number of H-pyrrole nitrogens is 1. The minimum atomic E-state index is -3.71. The molecule has 80 valence electrons. The van der Waals surface area contributed by atoms with E-state index in [0.29, 0.717) is 16.2 Å². The molecule has 1 aromatic heterocycles. The zero-order valence-corrected chi connectivity index (χ0v) is 8.82. The van der Waals surface area contributed by atoms with Gasteiger partial charge in [-0.2, -0.15) is 0 Å². The quantitative estimate of drug-likeness (QED) is 0.635. The molecule has 1 aromatic carbocycles. The van der Waals surface area contributed by atoms with Gasteiger partial charge < -0.3 is 9.72 Å². The number of nitrogens with one attached hydrogen (secondary N) is 1. The number of aromatic nitrogens is 2. The molecule has 0 radical (unpaired) electrons. The first-order valence-corrected chi connectivity index (χ1v) is 4.71. The van der Waals surface area contributed by atoms with Crippen molar-refractivity contribution in [2.24, 2.45) is 0 Å². The Morgan fingerprint density at radius 1 is 1.47 bits per heavy atom. The van der Waals surface area contributed by atoms with E-state index in [2.05, 4.69) is 38.9 Å². The molecule has 0 fully saturated rings. The number of rotatable bonds is 2. The second-order valence-corrected chi connectivity index (χ2v) is 3.65. The first-order chi connectivity index (χ1) is 6.94. The van der Waals surface area contributed by atoms with Crippen molar-refractivity contribution in [2.45, 2.75) is 10.7 Å². The number of hydrogen-bond acceptors (Lipinski definition) is 3. The van der Waals surface area contributed by atoms with E-state index in [1.807, 2.05) is 0 Å². The number of imidazole rings is 1. The van der Waals surface area contributed by atoms with Crippen LogP contribution in [0.5, 0.6) is 5.75 Å². The van der Waals surface area contributed by atoms with Gasteiger partial charge in [0.15, 0.2) is 5.16 Å². The molecule has 1 N–H and O–H groups in total. The van der Waals surface area contributed by atoms with Crippen molar-refractivity contribution in [3.63, 3.8) is 0 Å². The van der Waals surface area contributed by atoms with E-state index in [9.17, 15) is 8.78 Å². The van der Waals surface area contributed by atoms with Gasteiger partial charge in [0.05, 0.1) is 11.0 Å². The van der Waals surface area contributed by atoms with Crippen LogP contribution in [0.2, 0.25) is 0 Å². The van der Waals surface area contributed by atoms with Crippen LogP contribution in [-0.2, 0) is 0 Å². The molecule has 0 bridgehead atoms. The van der Waals surface area contributed by atoms with Crippen LogP contribution in [0, 0.1) is 0 Å². The maximum Gasteiger partial charge on any atom is 0.487 e. The van der Waals surface area contributed by atoms with Gasteiger partial charge in [-0.15, -0.1) is 21.4 Å². The number of benzene rings is 1. The van der Waals surface area contributed by atoms with Crippen LogP contribution in [0.1, 0.15) is 0 Å². The summed E-state index contributed by atoms with van der Waals surface area (Å²) in [6, 6.07) is 4.27. The molecular weight excluding hydrogens is 246 g/mol. The van der Waals surface area contributed by atoms with Crippen molar-refractivity contribution in [2.75, 3.05) is 0 Å². The molecule has 0 saturated heterocycles. The molecule has 0 aliphatic carbocycles. The molecule has 0 spiro atoms. The number of ether oxygens (including phenoxy) is 1. The van der Waals surface area contributed by atoms with Gasteiger partial charge in [-0.25, -0.2) is 4.98 Å².